The van der Waals surface area contributed by atoms with E-state index in [4.69, 9.17) is 9.84 Å². The topological polar surface area (TPSA) is 63.7 Å². The zero-order chi connectivity index (χ0) is 24.4. The summed E-state index contributed by atoms with van der Waals surface area (Å²) in [5, 5.41) is 15.6. The third-order valence-corrected chi connectivity index (χ3v) is 6.59. The lowest BCUT2D eigenvalue weighted by molar-refractivity contribution is 0.241. The van der Waals surface area contributed by atoms with E-state index in [0.29, 0.717) is 10.6 Å². The minimum atomic E-state index is 0.0994. The summed E-state index contributed by atoms with van der Waals surface area (Å²) in [6, 6.07) is 26.3. The van der Waals surface area contributed by atoms with Crippen LogP contribution in [0.4, 0.5) is 0 Å². The normalized spacial score (nSPS) is 11.7. The first-order chi connectivity index (χ1) is 17.0. The Morgan fingerprint density at radius 1 is 1.06 bits per heavy atom. The van der Waals surface area contributed by atoms with Crippen molar-refractivity contribution >= 4 is 33.2 Å². The Morgan fingerprint density at radius 2 is 1.83 bits per heavy atom. The Kier molecular flexibility index (Phi) is 6.17. The van der Waals surface area contributed by atoms with Crippen LogP contribution in [0.3, 0.4) is 0 Å². The second-order valence-electron chi connectivity index (χ2n) is 8.52. The van der Waals surface area contributed by atoms with Crippen molar-refractivity contribution in [3.8, 4) is 28.8 Å². The maximum Gasteiger partial charge on any atom is 0.135 e. The molecule has 3 aromatic carbocycles. The van der Waals surface area contributed by atoms with Gasteiger partial charge in [0.2, 0.25) is 0 Å². The minimum Gasteiger partial charge on any atom is -0.491 e. The summed E-state index contributed by atoms with van der Waals surface area (Å²) in [4.78, 5) is 4.68. The van der Waals surface area contributed by atoms with E-state index in [-0.39, 0.29) is 6.10 Å². The fourth-order valence-corrected chi connectivity index (χ4v) is 4.83. The Balaban J connectivity index is 1.64. The molecule has 0 spiro atoms. The minimum absolute atomic E-state index is 0.0994. The van der Waals surface area contributed by atoms with E-state index in [2.05, 4.69) is 17.1 Å². The van der Waals surface area contributed by atoms with Crippen molar-refractivity contribution in [1.82, 2.24) is 14.8 Å². The average Bonchev–Trinajstić information content (AvgIpc) is 3.48. The van der Waals surface area contributed by atoms with E-state index in [1.807, 2.05) is 104 Å². The highest BCUT2D eigenvalue weighted by molar-refractivity contribution is 7.19. The number of nitrogens with zero attached hydrogens (tertiary/aromatic N) is 4. The maximum absolute atomic E-state index is 10.0. The van der Waals surface area contributed by atoms with Crippen LogP contribution in [-0.2, 0) is 0 Å². The molecule has 172 valence electrons. The molecular formula is C29H24N4OS. The first-order valence-electron chi connectivity index (χ1n) is 11.4. The number of thiazole rings is 1. The number of aromatic nitrogens is 3. The molecule has 0 unspecified atom stereocenters. The predicted octanol–water partition coefficient (Wildman–Crippen LogP) is 7.31. The first-order valence-corrected chi connectivity index (χ1v) is 12.2. The summed E-state index contributed by atoms with van der Waals surface area (Å²) < 4.78 is 8.83. The molecule has 0 amide bonds. The number of nitriles is 1. The predicted molar refractivity (Wildman–Crippen MR) is 143 cm³/mol. The van der Waals surface area contributed by atoms with Crippen LogP contribution in [0.2, 0.25) is 0 Å². The molecule has 0 bridgehead atoms. The molecule has 0 saturated carbocycles. The zero-order valence-electron chi connectivity index (χ0n) is 19.8. The van der Waals surface area contributed by atoms with Crippen LogP contribution in [0.1, 0.15) is 30.0 Å². The second kappa shape index (κ2) is 9.57. The van der Waals surface area contributed by atoms with Crippen molar-refractivity contribution in [2.75, 3.05) is 0 Å². The van der Waals surface area contributed by atoms with Gasteiger partial charge in [0.1, 0.15) is 22.5 Å². The summed E-state index contributed by atoms with van der Waals surface area (Å²) in [6.07, 6.45) is 3.94. The van der Waals surface area contributed by atoms with Gasteiger partial charge in [-0.15, -0.1) is 11.3 Å². The molecule has 0 saturated heterocycles. The molecule has 2 heterocycles. The number of para-hydroxylation sites is 2. The van der Waals surface area contributed by atoms with Gasteiger partial charge >= 0.3 is 0 Å². The second-order valence-corrected chi connectivity index (χ2v) is 9.55. The van der Waals surface area contributed by atoms with Crippen LogP contribution in [0.5, 0.6) is 5.75 Å². The number of ether oxygens (including phenoxy) is 1. The molecule has 0 aliphatic rings. The van der Waals surface area contributed by atoms with Gasteiger partial charge < -0.3 is 4.74 Å². The van der Waals surface area contributed by atoms with Crippen molar-refractivity contribution < 1.29 is 4.74 Å². The van der Waals surface area contributed by atoms with Gasteiger partial charge in [-0.3, -0.25) is 0 Å². The number of aryl methyl sites for hydroxylation is 1. The molecule has 35 heavy (non-hydrogen) atoms. The SMILES string of the molecule is Cc1cc(-c2nn(-c3ccccc3)cc2/C=C(\C#N)c2nc3ccccc3s2)ccc1OC(C)C. The van der Waals surface area contributed by atoms with Gasteiger partial charge in [0.15, 0.2) is 0 Å². The lowest BCUT2D eigenvalue weighted by Gasteiger charge is -2.13. The van der Waals surface area contributed by atoms with Crippen molar-refractivity contribution in [1.29, 1.82) is 5.26 Å². The third-order valence-electron chi connectivity index (χ3n) is 5.52. The van der Waals surface area contributed by atoms with Crippen LogP contribution in [0.15, 0.2) is 79.0 Å². The number of hydrogen-bond acceptors (Lipinski definition) is 5. The fourth-order valence-electron chi connectivity index (χ4n) is 3.90. The largest absolute Gasteiger partial charge is 0.491 e. The molecule has 0 aliphatic carbocycles. The summed E-state index contributed by atoms with van der Waals surface area (Å²) in [7, 11) is 0. The summed E-state index contributed by atoms with van der Waals surface area (Å²) >= 11 is 1.52. The summed E-state index contributed by atoms with van der Waals surface area (Å²) in [6.45, 7) is 6.07. The molecule has 0 radical (unpaired) electrons. The summed E-state index contributed by atoms with van der Waals surface area (Å²) in [5.74, 6) is 0.857. The Hall–Kier alpha value is -4.21. The number of benzene rings is 3. The highest BCUT2D eigenvalue weighted by Gasteiger charge is 2.16. The van der Waals surface area contributed by atoms with Gasteiger partial charge in [0.05, 0.1) is 27.6 Å². The monoisotopic (exact) mass is 476 g/mol. The van der Waals surface area contributed by atoms with Gasteiger partial charge in [0, 0.05) is 17.3 Å². The Morgan fingerprint density at radius 3 is 2.54 bits per heavy atom. The average molecular weight is 477 g/mol. The van der Waals surface area contributed by atoms with Crippen LogP contribution < -0.4 is 4.74 Å². The lowest BCUT2D eigenvalue weighted by Crippen LogP contribution is -2.06. The van der Waals surface area contributed by atoms with Gasteiger partial charge in [-0.05, 0) is 74.9 Å². The zero-order valence-corrected chi connectivity index (χ0v) is 20.6. The number of allylic oxidation sites excluding steroid dienone is 1. The quantitative estimate of drug-likeness (QED) is 0.241. The molecule has 0 fully saturated rings. The highest BCUT2D eigenvalue weighted by atomic mass is 32.1. The number of fused-ring (bicyclic) bond motifs is 1. The molecular weight excluding hydrogens is 452 g/mol. The lowest BCUT2D eigenvalue weighted by atomic mass is 10.0. The molecule has 6 heteroatoms. The highest BCUT2D eigenvalue weighted by Crippen LogP contribution is 2.33. The smallest absolute Gasteiger partial charge is 0.135 e. The maximum atomic E-state index is 10.0. The van der Waals surface area contributed by atoms with E-state index in [1.165, 1.54) is 11.3 Å². The van der Waals surface area contributed by atoms with Crippen LogP contribution in [-0.4, -0.2) is 20.9 Å². The first kappa shape index (κ1) is 22.6. The Bertz CT molecular complexity index is 1540. The third kappa shape index (κ3) is 4.72. The molecule has 0 atom stereocenters. The molecule has 2 aromatic heterocycles. The van der Waals surface area contributed by atoms with Gasteiger partial charge in [-0.25, -0.2) is 9.67 Å². The number of rotatable bonds is 6. The van der Waals surface area contributed by atoms with E-state index in [1.54, 1.807) is 0 Å². The van der Waals surface area contributed by atoms with E-state index < -0.39 is 0 Å². The van der Waals surface area contributed by atoms with E-state index in [9.17, 15) is 5.26 Å². The standard InChI is InChI=1S/C29H24N4OS/c1-19(2)34-26-14-13-21(15-20(26)3)28-23(18-33(32-28)24-9-5-4-6-10-24)16-22(17-30)29-31-25-11-7-8-12-27(25)35-29/h4-16,18-19H,1-3H3/b22-16+. The van der Waals surface area contributed by atoms with Crippen molar-refractivity contribution in [3.05, 3.63) is 95.1 Å². The molecule has 0 N–H and O–H groups in total. The molecule has 5 nitrogen and oxygen atoms in total. The van der Waals surface area contributed by atoms with E-state index in [0.717, 1.165) is 44.0 Å². The van der Waals surface area contributed by atoms with Crippen molar-refractivity contribution in [3.63, 3.8) is 0 Å². The van der Waals surface area contributed by atoms with Crippen molar-refractivity contribution in [2.24, 2.45) is 0 Å². The fraction of sp³-hybridized carbons (Fsp3) is 0.138. The van der Waals surface area contributed by atoms with E-state index >= 15 is 0 Å². The van der Waals surface area contributed by atoms with Crippen LogP contribution in [0, 0.1) is 18.3 Å². The number of hydrogen-bond donors (Lipinski definition) is 0. The Labute approximate surface area is 208 Å². The molecule has 5 aromatic rings. The summed E-state index contributed by atoms with van der Waals surface area (Å²) in [5.41, 5.74) is 5.99. The molecule has 0 aliphatic heterocycles. The van der Waals surface area contributed by atoms with Crippen LogP contribution in [0.25, 0.3) is 38.8 Å². The van der Waals surface area contributed by atoms with Gasteiger partial charge in [-0.2, -0.15) is 10.4 Å². The van der Waals surface area contributed by atoms with Gasteiger partial charge in [0.25, 0.3) is 0 Å². The van der Waals surface area contributed by atoms with Gasteiger partial charge in [-0.1, -0.05) is 30.3 Å². The van der Waals surface area contributed by atoms with Crippen LogP contribution >= 0.6 is 11.3 Å². The molecule has 5 rings (SSSR count). The van der Waals surface area contributed by atoms with Crippen molar-refractivity contribution in [2.45, 2.75) is 26.9 Å².